The molecule has 0 unspecified atom stereocenters. The highest BCUT2D eigenvalue weighted by Crippen LogP contribution is 2.39. The van der Waals surface area contributed by atoms with Crippen molar-refractivity contribution >= 4 is 11.8 Å². The normalized spacial score (nSPS) is 9.96. The summed E-state index contributed by atoms with van der Waals surface area (Å²) in [5.41, 5.74) is 13.0. The average molecular weight is 314 g/mol. The van der Waals surface area contributed by atoms with Crippen LogP contribution in [-0.2, 0) is 6.42 Å². The van der Waals surface area contributed by atoms with Crippen LogP contribution in [0.4, 0.5) is 11.8 Å². The lowest BCUT2D eigenvalue weighted by Gasteiger charge is -2.15. The lowest BCUT2D eigenvalue weighted by atomic mass is 10.1. The molecule has 7 heteroatoms. The quantitative estimate of drug-likeness (QED) is 0.773. The Labute approximate surface area is 134 Å². The summed E-state index contributed by atoms with van der Waals surface area (Å²) in [6.07, 6.45) is 7.32. The molecule has 0 radical (unpaired) electrons. The van der Waals surface area contributed by atoms with Gasteiger partial charge in [0.25, 0.3) is 0 Å². The second kappa shape index (κ2) is 7.22. The molecule has 0 aliphatic heterocycles. The molecule has 23 heavy (non-hydrogen) atoms. The van der Waals surface area contributed by atoms with Crippen molar-refractivity contribution in [3.05, 3.63) is 29.5 Å². The molecule has 2 aromatic rings. The van der Waals surface area contributed by atoms with Gasteiger partial charge in [0.2, 0.25) is 11.7 Å². The first kappa shape index (κ1) is 16.2. The van der Waals surface area contributed by atoms with Gasteiger partial charge in [-0.3, -0.25) is 0 Å². The Morgan fingerprint density at radius 1 is 1.17 bits per heavy atom. The lowest BCUT2D eigenvalue weighted by Crippen LogP contribution is -2.05. The van der Waals surface area contributed by atoms with Gasteiger partial charge in [0.05, 0.1) is 14.2 Å². The molecular formula is C16H18N4O3. The van der Waals surface area contributed by atoms with E-state index < -0.39 is 0 Å². The molecule has 0 fully saturated rings. The van der Waals surface area contributed by atoms with Crippen LogP contribution >= 0.6 is 0 Å². The van der Waals surface area contributed by atoms with E-state index in [2.05, 4.69) is 15.9 Å². The van der Waals surface area contributed by atoms with Gasteiger partial charge in [-0.15, -0.1) is 6.42 Å². The van der Waals surface area contributed by atoms with Gasteiger partial charge < -0.3 is 25.7 Å². The molecule has 0 amide bonds. The van der Waals surface area contributed by atoms with Crippen LogP contribution in [0, 0.1) is 12.3 Å². The summed E-state index contributed by atoms with van der Waals surface area (Å²) in [5.74, 6) is 4.39. The number of hydrogen-bond acceptors (Lipinski definition) is 7. The number of nitrogens with two attached hydrogens (primary N) is 2. The van der Waals surface area contributed by atoms with Crippen LogP contribution in [0.15, 0.2) is 18.3 Å². The Hall–Kier alpha value is -3.14. The fraction of sp³-hybridized carbons (Fsp3) is 0.250. The van der Waals surface area contributed by atoms with E-state index in [4.69, 9.17) is 32.1 Å². The predicted molar refractivity (Wildman–Crippen MR) is 87.5 cm³/mol. The summed E-state index contributed by atoms with van der Waals surface area (Å²) in [6, 6.07) is 3.64. The zero-order valence-electron chi connectivity index (χ0n) is 13.0. The van der Waals surface area contributed by atoms with E-state index in [1.165, 1.54) is 7.11 Å². The van der Waals surface area contributed by atoms with E-state index in [1.807, 2.05) is 12.1 Å². The van der Waals surface area contributed by atoms with Gasteiger partial charge in [0.1, 0.15) is 12.4 Å². The Balaban J connectivity index is 2.40. The van der Waals surface area contributed by atoms with Crippen molar-refractivity contribution in [1.82, 2.24) is 9.97 Å². The third-order valence-electron chi connectivity index (χ3n) is 3.13. The standard InChI is InChI=1S/C16H18N4O3/c1-4-5-23-13-8-10(7-12(21-2)14(13)22-3)6-11-9-19-16(18)20-15(11)17/h1,7-9H,5-6H2,2-3H3,(H4,17,18,19,20). The Bertz CT molecular complexity index is 741. The molecule has 1 heterocycles. The van der Waals surface area contributed by atoms with E-state index >= 15 is 0 Å². The molecule has 0 saturated carbocycles. The number of benzene rings is 1. The van der Waals surface area contributed by atoms with Crippen molar-refractivity contribution in [2.24, 2.45) is 0 Å². The number of rotatable bonds is 6. The fourth-order valence-corrected chi connectivity index (χ4v) is 2.10. The van der Waals surface area contributed by atoms with Crippen LogP contribution in [0.2, 0.25) is 0 Å². The second-order valence-corrected chi connectivity index (χ2v) is 4.64. The summed E-state index contributed by atoms with van der Waals surface area (Å²) < 4.78 is 16.2. The molecule has 0 atom stereocenters. The predicted octanol–water partition coefficient (Wildman–Crippen LogP) is 1.26. The van der Waals surface area contributed by atoms with Gasteiger partial charge in [0, 0.05) is 18.2 Å². The minimum Gasteiger partial charge on any atom is -0.493 e. The van der Waals surface area contributed by atoms with Crippen LogP contribution in [0.3, 0.4) is 0 Å². The first-order chi connectivity index (χ1) is 11.1. The van der Waals surface area contributed by atoms with Gasteiger partial charge in [-0.1, -0.05) is 5.92 Å². The van der Waals surface area contributed by atoms with E-state index in [9.17, 15) is 0 Å². The minimum absolute atomic E-state index is 0.121. The fourth-order valence-electron chi connectivity index (χ4n) is 2.10. The van der Waals surface area contributed by atoms with Crippen molar-refractivity contribution in [2.75, 3.05) is 32.3 Å². The van der Waals surface area contributed by atoms with Gasteiger partial charge in [0.15, 0.2) is 11.5 Å². The minimum atomic E-state index is 0.121. The monoisotopic (exact) mass is 314 g/mol. The number of aromatic nitrogens is 2. The van der Waals surface area contributed by atoms with Gasteiger partial charge in [-0.05, 0) is 17.7 Å². The first-order valence-electron chi connectivity index (χ1n) is 6.77. The number of methoxy groups -OCH3 is 2. The highest BCUT2D eigenvalue weighted by Gasteiger charge is 2.15. The van der Waals surface area contributed by atoms with E-state index in [1.54, 1.807) is 13.3 Å². The average Bonchev–Trinajstić information content (AvgIpc) is 2.54. The van der Waals surface area contributed by atoms with Crippen LogP contribution in [0.25, 0.3) is 0 Å². The Morgan fingerprint density at radius 2 is 1.91 bits per heavy atom. The summed E-state index contributed by atoms with van der Waals surface area (Å²) >= 11 is 0. The molecule has 4 N–H and O–H groups in total. The van der Waals surface area contributed by atoms with E-state index in [-0.39, 0.29) is 12.6 Å². The third kappa shape index (κ3) is 3.74. The van der Waals surface area contributed by atoms with Crippen LogP contribution in [-0.4, -0.2) is 30.8 Å². The topological polar surface area (TPSA) is 106 Å². The van der Waals surface area contributed by atoms with Crippen molar-refractivity contribution in [2.45, 2.75) is 6.42 Å². The van der Waals surface area contributed by atoms with Crippen LogP contribution < -0.4 is 25.7 Å². The van der Waals surface area contributed by atoms with Gasteiger partial charge >= 0.3 is 0 Å². The maximum Gasteiger partial charge on any atom is 0.221 e. The highest BCUT2D eigenvalue weighted by atomic mass is 16.5. The van der Waals surface area contributed by atoms with E-state index in [0.29, 0.717) is 29.5 Å². The van der Waals surface area contributed by atoms with Gasteiger partial charge in [-0.25, -0.2) is 4.98 Å². The summed E-state index contributed by atoms with van der Waals surface area (Å²) in [6.45, 7) is 0.121. The molecule has 2 rings (SSSR count). The second-order valence-electron chi connectivity index (χ2n) is 4.64. The number of ether oxygens (including phenoxy) is 3. The molecule has 120 valence electrons. The smallest absolute Gasteiger partial charge is 0.221 e. The molecule has 0 saturated heterocycles. The maximum atomic E-state index is 5.87. The maximum absolute atomic E-state index is 5.87. The molecule has 1 aromatic carbocycles. The van der Waals surface area contributed by atoms with Crippen molar-refractivity contribution < 1.29 is 14.2 Å². The number of hydrogen-bond donors (Lipinski definition) is 2. The number of nitrogen functional groups attached to an aromatic ring is 2. The third-order valence-corrected chi connectivity index (χ3v) is 3.13. The molecule has 1 aromatic heterocycles. The summed E-state index contributed by atoms with van der Waals surface area (Å²) in [7, 11) is 3.08. The van der Waals surface area contributed by atoms with Crippen molar-refractivity contribution in [1.29, 1.82) is 0 Å². The number of nitrogens with zero attached hydrogens (tertiary/aromatic N) is 2. The zero-order chi connectivity index (χ0) is 16.8. The lowest BCUT2D eigenvalue weighted by molar-refractivity contribution is 0.310. The van der Waals surface area contributed by atoms with Crippen LogP contribution in [0.1, 0.15) is 11.1 Å². The molecular weight excluding hydrogens is 296 g/mol. The first-order valence-corrected chi connectivity index (χ1v) is 6.77. The summed E-state index contributed by atoms with van der Waals surface area (Å²) in [4.78, 5) is 7.91. The van der Waals surface area contributed by atoms with E-state index in [0.717, 1.165) is 11.1 Å². The molecule has 0 spiro atoms. The zero-order valence-corrected chi connectivity index (χ0v) is 13.0. The van der Waals surface area contributed by atoms with Crippen LogP contribution in [0.5, 0.6) is 17.2 Å². The highest BCUT2D eigenvalue weighted by molar-refractivity contribution is 5.55. The van der Waals surface area contributed by atoms with Crippen molar-refractivity contribution in [3.63, 3.8) is 0 Å². The largest absolute Gasteiger partial charge is 0.493 e. The Morgan fingerprint density at radius 3 is 2.52 bits per heavy atom. The van der Waals surface area contributed by atoms with Gasteiger partial charge in [-0.2, -0.15) is 4.98 Å². The number of terminal acetylenes is 1. The molecule has 7 nitrogen and oxygen atoms in total. The SMILES string of the molecule is C#CCOc1cc(Cc2cnc(N)nc2N)cc(OC)c1OC. The molecule has 0 aliphatic rings. The van der Waals surface area contributed by atoms with Crippen molar-refractivity contribution in [3.8, 4) is 29.6 Å². The molecule has 0 aliphatic carbocycles. The number of anilines is 2. The summed E-state index contributed by atoms with van der Waals surface area (Å²) in [5, 5.41) is 0. The molecule has 0 bridgehead atoms. The Kier molecular flexibility index (Phi) is 5.10.